The number of likely N-dealkylation sites (tertiary alicyclic amines) is 1. The maximum absolute atomic E-state index is 12.2. The van der Waals surface area contributed by atoms with E-state index in [1.54, 1.807) is 0 Å². The summed E-state index contributed by atoms with van der Waals surface area (Å²) in [5.74, 6) is 0.608. The quantitative estimate of drug-likeness (QED) is 0.768. The van der Waals surface area contributed by atoms with Gasteiger partial charge in [0.15, 0.2) is 0 Å². The van der Waals surface area contributed by atoms with Crippen LogP contribution in [-0.4, -0.2) is 43.7 Å². The van der Waals surface area contributed by atoms with Crippen LogP contribution in [0.5, 0.6) is 0 Å². The van der Waals surface area contributed by atoms with Crippen LogP contribution < -0.4 is 0 Å². The molecule has 1 aromatic rings. The molecular weight excluding hydrogens is 254 g/mol. The second-order valence-corrected chi connectivity index (χ2v) is 5.07. The Kier molecular flexibility index (Phi) is 5.56. The van der Waals surface area contributed by atoms with Gasteiger partial charge in [0, 0.05) is 37.8 Å². The zero-order valence-corrected chi connectivity index (χ0v) is 12.3. The Morgan fingerprint density at radius 2 is 1.80 bits per heavy atom. The lowest BCUT2D eigenvalue weighted by molar-refractivity contribution is 0.0178. The third kappa shape index (κ3) is 3.81. The molecule has 0 aromatic heterocycles. The highest BCUT2D eigenvalue weighted by Crippen LogP contribution is 2.19. The predicted molar refractivity (Wildman–Crippen MR) is 77.7 cm³/mol. The van der Waals surface area contributed by atoms with E-state index in [-0.39, 0.29) is 5.91 Å². The zero-order valence-electron chi connectivity index (χ0n) is 12.3. The molecule has 0 N–H and O–H groups in total. The molecule has 1 aliphatic rings. The summed E-state index contributed by atoms with van der Waals surface area (Å²) >= 11 is 0. The Hall–Kier alpha value is -1.39. The van der Waals surface area contributed by atoms with Gasteiger partial charge >= 0.3 is 0 Å². The average Bonchev–Trinajstić information content (AvgIpc) is 2.44. The molecule has 4 heteroatoms. The van der Waals surface area contributed by atoms with Crippen molar-refractivity contribution in [1.82, 2.24) is 4.90 Å². The fourth-order valence-electron chi connectivity index (χ4n) is 2.27. The fraction of sp³-hybridized carbons (Fsp3) is 0.562. The summed E-state index contributed by atoms with van der Waals surface area (Å²) in [6.45, 7) is 8.38. The van der Waals surface area contributed by atoms with E-state index in [2.05, 4.69) is 0 Å². The number of nitrogens with zero attached hydrogens (tertiary/aromatic N) is 1. The molecule has 2 rings (SSSR count). The van der Waals surface area contributed by atoms with Gasteiger partial charge < -0.3 is 14.4 Å². The molecule has 1 aromatic carbocycles. The van der Waals surface area contributed by atoms with Crippen molar-refractivity contribution in [3.05, 3.63) is 35.4 Å². The predicted octanol–water partition coefficient (Wildman–Crippen LogP) is 2.33. The van der Waals surface area contributed by atoms with Gasteiger partial charge in [0.05, 0.1) is 13.2 Å². The van der Waals surface area contributed by atoms with Gasteiger partial charge in [0.2, 0.25) is 0 Å². The van der Waals surface area contributed by atoms with Gasteiger partial charge in [0.25, 0.3) is 5.91 Å². The van der Waals surface area contributed by atoms with E-state index in [1.165, 1.54) is 0 Å². The fourth-order valence-corrected chi connectivity index (χ4v) is 2.27. The third-order valence-corrected chi connectivity index (χ3v) is 3.48. The van der Waals surface area contributed by atoms with Crippen LogP contribution in [-0.2, 0) is 16.1 Å². The molecule has 0 unspecified atom stereocenters. The molecule has 0 saturated carbocycles. The van der Waals surface area contributed by atoms with Crippen LogP contribution in [0.1, 0.15) is 29.8 Å². The van der Waals surface area contributed by atoms with E-state index in [4.69, 9.17) is 9.47 Å². The van der Waals surface area contributed by atoms with E-state index in [1.807, 2.05) is 43.0 Å². The number of rotatable bonds is 7. The minimum atomic E-state index is 0.112. The Labute approximate surface area is 120 Å². The first-order valence-corrected chi connectivity index (χ1v) is 7.28. The monoisotopic (exact) mass is 277 g/mol. The Morgan fingerprint density at radius 1 is 1.15 bits per heavy atom. The normalized spacial score (nSPS) is 15.2. The van der Waals surface area contributed by atoms with Gasteiger partial charge in [-0.2, -0.15) is 0 Å². The smallest absolute Gasteiger partial charge is 0.253 e. The topological polar surface area (TPSA) is 38.8 Å². The summed E-state index contributed by atoms with van der Waals surface area (Å²) in [4.78, 5) is 14.1. The van der Waals surface area contributed by atoms with Crippen molar-refractivity contribution >= 4 is 5.91 Å². The SMILES string of the molecule is CCOCc1ccc(C(=O)N2CC(COCC)C2)cc1. The highest BCUT2D eigenvalue weighted by atomic mass is 16.5. The number of benzene rings is 1. The van der Waals surface area contributed by atoms with Gasteiger partial charge in [-0.15, -0.1) is 0 Å². The van der Waals surface area contributed by atoms with E-state index in [0.717, 1.165) is 37.4 Å². The summed E-state index contributed by atoms with van der Waals surface area (Å²) in [6, 6.07) is 7.68. The summed E-state index contributed by atoms with van der Waals surface area (Å²) < 4.78 is 10.7. The molecule has 0 radical (unpaired) electrons. The standard InChI is InChI=1S/C16H23NO3/c1-3-19-11-13-5-7-15(8-6-13)16(18)17-9-14(10-17)12-20-4-2/h5-8,14H,3-4,9-12H2,1-2H3. The van der Waals surface area contributed by atoms with Crippen LogP contribution >= 0.6 is 0 Å². The number of carbonyl (C=O) groups excluding carboxylic acids is 1. The maximum Gasteiger partial charge on any atom is 0.253 e. The van der Waals surface area contributed by atoms with Gasteiger partial charge in [-0.05, 0) is 31.5 Å². The number of hydrogen-bond donors (Lipinski definition) is 0. The molecule has 20 heavy (non-hydrogen) atoms. The molecule has 0 aliphatic carbocycles. The molecule has 1 heterocycles. The first-order chi connectivity index (χ1) is 9.74. The van der Waals surface area contributed by atoms with Gasteiger partial charge in [0.1, 0.15) is 0 Å². The lowest BCUT2D eigenvalue weighted by Gasteiger charge is -2.39. The Morgan fingerprint density at radius 3 is 2.40 bits per heavy atom. The summed E-state index contributed by atoms with van der Waals surface area (Å²) in [5.41, 5.74) is 1.85. The van der Waals surface area contributed by atoms with Crippen LogP contribution in [0.15, 0.2) is 24.3 Å². The molecular formula is C16H23NO3. The first kappa shape index (κ1) is 15.0. The minimum Gasteiger partial charge on any atom is -0.381 e. The van der Waals surface area contributed by atoms with Gasteiger partial charge in [-0.1, -0.05) is 12.1 Å². The number of amides is 1. The first-order valence-electron chi connectivity index (χ1n) is 7.28. The minimum absolute atomic E-state index is 0.112. The summed E-state index contributed by atoms with van der Waals surface area (Å²) in [6.07, 6.45) is 0. The van der Waals surface area contributed by atoms with Crippen molar-refractivity contribution in [3.8, 4) is 0 Å². The van der Waals surface area contributed by atoms with E-state index >= 15 is 0 Å². The Balaban J connectivity index is 1.81. The average molecular weight is 277 g/mol. The number of carbonyl (C=O) groups is 1. The van der Waals surface area contributed by atoms with Gasteiger partial charge in [-0.25, -0.2) is 0 Å². The van der Waals surface area contributed by atoms with E-state index in [0.29, 0.717) is 19.1 Å². The lowest BCUT2D eigenvalue weighted by atomic mass is 9.99. The molecule has 110 valence electrons. The second kappa shape index (κ2) is 7.41. The Bertz CT molecular complexity index is 424. The lowest BCUT2D eigenvalue weighted by Crippen LogP contribution is -2.51. The molecule has 0 spiro atoms. The molecule has 0 bridgehead atoms. The van der Waals surface area contributed by atoms with Crippen LogP contribution in [0, 0.1) is 5.92 Å². The van der Waals surface area contributed by atoms with Crippen molar-refractivity contribution in [2.24, 2.45) is 5.92 Å². The largest absolute Gasteiger partial charge is 0.381 e. The molecule has 1 amide bonds. The van der Waals surface area contributed by atoms with Crippen molar-refractivity contribution in [2.75, 3.05) is 32.9 Å². The van der Waals surface area contributed by atoms with E-state index in [9.17, 15) is 4.79 Å². The molecule has 1 aliphatic heterocycles. The van der Waals surface area contributed by atoms with Crippen molar-refractivity contribution in [3.63, 3.8) is 0 Å². The van der Waals surface area contributed by atoms with Crippen LogP contribution in [0.25, 0.3) is 0 Å². The van der Waals surface area contributed by atoms with Crippen molar-refractivity contribution in [1.29, 1.82) is 0 Å². The number of ether oxygens (including phenoxy) is 2. The summed E-state index contributed by atoms with van der Waals surface area (Å²) in [5, 5.41) is 0. The summed E-state index contributed by atoms with van der Waals surface area (Å²) in [7, 11) is 0. The second-order valence-electron chi connectivity index (χ2n) is 5.07. The zero-order chi connectivity index (χ0) is 14.4. The van der Waals surface area contributed by atoms with Crippen LogP contribution in [0.4, 0.5) is 0 Å². The number of hydrogen-bond acceptors (Lipinski definition) is 3. The van der Waals surface area contributed by atoms with Crippen molar-refractivity contribution < 1.29 is 14.3 Å². The maximum atomic E-state index is 12.2. The van der Waals surface area contributed by atoms with Crippen molar-refractivity contribution in [2.45, 2.75) is 20.5 Å². The van der Waals surface area contributed by atoms with Gasteiger partial charge in [-0.3, -0.25) is 4.79 Å². The van der Waals surface area contributed by atoms with E-state index < -0.39 is 0 Å². The molecule has 0 atom stereocenters. The van der Waals surface area contributed by atoms with Crippen LogP contribution in [0.3, 0.4) is 0 Å². The third-order valence-electron chi connectivity index (χ3n) is 3.48. The molecule has 1 fully saturated rings. The molecule has 4 nitrogen and oxygen atoms in total. The highest BCUT2D eigenvalue weighted by molar-refractivity contribution is 5.94. The van der Waals surface area contributed by atoms with Crippen LogP contribution in [0.2, 0.25) is 0 Å². The highest BCUT2D eigenvalue weighted by Gasteiger charge is 2.30. The molecule has 1 saturated heterocycles.